The average Bonchev–Trinajstić information content (AvgIpc) is 2.17. The molecule has 1 aromatic carbocycles. The molecule has 4 nitrogen and oxygen atoms in total. The number of hydrogen-bond donors (Lipinski definition) is 0. The monoisotopic (exact) mass is 209 g/mol. The van der Waals surface area contributed by atoms with E-state index in [0.717, 1.165) is 6.07 Å². The number of aryl methyl sites for hydroxylation is 1. The van der Waals surface area contributed by atoms with Gasteiger partial charge in [0, 0.05) is 6.92 Å². The third-order valence-electron chi connectivity index (χ3n) is 2.02. The van der Waals surface area contributed by atoms with Gasteiger partial charge in [-0.3, -0.25) is 0 Å². The lowest BCUT2D eigenvalue weighted by Gasteiger charge is -2.04. The smallest absolute Gasteiger partial charge is 0.346 e. The van der Waals surface area contributed by atoms with Crippen LogP contribution in [0.1, 0.15) is 5.89 Å². The summed E-state index contributed by atoms with van der Waals surface area (Å²) in [7, 11) is 1.32. The normalized spacial score (nSPS) is 10.6. The number of methoxy groups -OCH3 is 1. The van der Waals surface area contributed by atoms with Crippen LogP contribution in [-0.4, -0.2) is 12.1 Å². The van der Waals surface area contributed by atoms with Crippen LogP contribution >= 0.6 is 0 Å². The Hall–Kier alpha value is -1.91. The minimum absolute atomic E-state index is 0.0384. The molecule has 0 aliphatic rings. The molecule has 0 N–H and O–H groups in total. The molecule has 0 spiro atoms. The Morgan fingerprint density at radius 1 is 1.47 bits per heavy atom. The number of rotatable bonds is 1. The summed E-state index contributed by atoms with van der Waals surface area (Å²) in [6, 6.07) is 2.47. The molecule has 0 aliphatic carbocycles. The van der Waals surface area contributed by atoms with Gasteiger partial charge in [0.05, 0.1) is 12.5 Å². The third-order valence-corrected chi connectivity index (χ3v) is 2.02. The lowest BCUT2D eigenvalue weighted by atomic mass is 10.2. The first-order valence-electron chi connectivity index (χ1n) is 4.27. The van der Waals surface area contributed by atoms with Gasteiger partial charge in [-0.05, 0) is 12.1 Å². The standard InChI is InChI=1S/C10H8FNO3/c1-5-12-8-6(10(13)15-5)3-4-7(11)9(8)14-2/h3-4H,1-2H3. The van der Waals surface area contributed by atoms with Crippen LogP contribution in [0.5, 0.6) is 5.75 Å². The molecule has 1 aromatic heterocycles. The summed E-state index contributed by atoms with van der Waals surface area (Å²) in [5.74, 6) is -0.414. The van der Waals surface area contributed by atoms with Crippen LogP contribution in [0.3, 0.4) is 0 Å². The Morgan fingerprint density at radius 2 is 2.20 bits per heavy atom. The van der Waals surface area contributed by atoms with Crippen molar-refractivity contribution in [1.82, 2.24) is 4.98 Å². The minimum atomic E-state index is -0.553. The first kappa shape index (κ1) is 9.64. The molecule has 15 heavy (non-hydrogen) atoms. The fourth-order valence-corrected chi connectivity index (χ4v) is 1.39. The Balaban J connectivity index is 2.97. The Kier molecular flexibility index (Phi) is 2.15. The maximum absolute atomic E-state index is 13.3. The average molecular weight is 209 g/mol. The Morgan fingerprint density at radius 3 is 2.87 bits per heavy atom. The zero-order chi connectivity index (χ0) is 11.0. The molecule has 0 amide bonds. The molecular weight excluding hydrogens is 201 g/mol. The van der Waals surface area contributed by atoms with Gasteiger partial charge in [-0.2, -0.15) is 0 Å². The summed E-state index contributed by atoms with van der Waals surface area (Å²) in [6.45, 7) is 1.52. The molecule has 0 unspecified atom stereocenters. The van der Waals surface area contributed by atoms with Crippen molar-refractivity contribution in [3.63, 3.8) is 0 Å². The van der Waals surface area contributed by atoms with E-state index < -0.39 is 11.4 Å². The van der Waals surface area contributed by atoms with E-state index in [1.807, 2.05) is 0 Å². The second-order valence-corrected chi connectivity index (χ2v) is 3.00. The van der Waals surface area contributed by atoms with E-state index >= 15 is 0 Å². The summed E-state index contributed by atoms with van der Waals surface area (Å²) >= 11 is 0. The van der Waals surface area contributed by atoms with Crippen molar-refractivity contribution in [3.8, 4) is 5.75 Å². The van der Waals surface area contributed by atoms with Crippen molar-refractivity contribution in [1.29, 1.82) is 0 Å². The molecule has 0 bridgehead atoms. The highest BCUT2D eigenvalue weighted by atomic mass is 19.1. The van der Waals surface area contributed by atoms with Crippen LogP contribution in [-0.2, 0) is 0 Å². The zero-order valence-corrected chi connectivity index (χ0v) is 8.20. The molecule has 0 saturated carbocycles. The van der Waals surface area contributed by atoms with Gasteiger partial charge in [-0.1, -0.05) is 0 Å². The van der Waals surface area contributed by atoms with E-state index in [0.29, 0.717) is 0 Å². The first-order valence-corrected chi connectivity index (χ1v) is 4.27. The van der Waals surface area contributed by atoms with E-state index in [-0.39, 0.29) is 22.5 Å². The Bertz CT molecular complexity index is 577. The van der Waals surface area contributed by atoms with Gasteiger partial charge in [0.25, 0.3) is 0 Å². The van der Waals surface area contributed by atoms with Gasteiger partial charge in [0.2, 0.25) is 0 Å². The van der Waals surface area contributed by atoms with Gasteiger partial charge in [-0.25, -0.2) is 14.2 Å². The molecule has 78 valence electrons. The number of hydrogen-bond acceptors (Lipinski definition) is 4. The summed E-state index contributed by atoms with van der Waals surface area (Å²) < 4.78 is 22.9. The molecule has 0 fully saturated rings. The lowest BCUT2D eigenvalue weighted by molar-refractivity contribution is 0.389. The van der Waals surface area contributed by atoms with Gasteiger partial charge in [-0.15, -0.1) is 0 Å². The van der Waals surface area contributed by atoms with E-state index in [1.54, 1.807) is 0 Å². The van der Waals surface area contributed by atoms with Crippen molar-refractivity contribution in [2.45, 2.75) is 6.92 Å². The number of nitrogens with zero attached hydrogens (tertiary/aromatic N) is 1. The largest absolute Gasteiger partial charge is 0.491 e. The molecular formula is C10H8FNO3. The molecule has 5 heteroatoms. The van der Waals surface area contributed by atoms with Gasteiger partial charge in [0.15, 0.2) is 17.5 Å². The molecule has 0 atom stereocenters. The second kappa shape index (κ2) is 3.34. The number of halogens is 1. The number of ether oxygens (including phenoxy) is 1. The number of fused-ring (bicyclic) bond motifs is 1. The van der Waals surface area contributed by atoms with Crippen LogP contribution < -0.4 is 10.4 Å². The highest BCUT2D eigenvalue weighted by Gasteiger charge is 2.12. The van der Waals surface area contributed by atoms with Crippen LogP contribution in [0.4, 0.5) is 4.39 Å². The molecule has 0 saturated heterocycles. The predicted octanol–water partition coefficient (Wildman–Crippen LogP) is 1.64. The van der Waals surface area contributed by atoms with Gasteiger partial charge in [0.1, 0.15) is 5.52 Å². The fraction of sp³-hybridized carbons (Fsp3) is 0.200. The van der Waals surface area contributed by atoms with E-state index in [4.69, 9.17) is 9.15 Å². The van der Waals surface area contributed by atoms with Gasteiger partial charge < -0.3 is 9.15 Å². The molecule has 0 radical (unpaired) electrons. The van der Waals surface area contributed by atoms with E-state index in [1.165, 1.54) is 20.1 Å². The summed E-state index contributed by atoms with van der Waals surface area (Å²) in [6.07, 6.45) is 0. The zero-order valence-electron chi connectivity index (χ0n) is 8.20. The Labute approximate surface area is 84.3 Å². The summed E-state index contributed by atoms with van der Waals surface area (Å²) in [5, 5.41) is 0.207. The fourth-order valence-electron chi connectivity index (χ4n) is 1.39. The van der Waals surface area contributed by atoms with E-state index in [2.05, 4.69) is 4.98 Å². The maximum atomic E-state index is 13.3. The van der Waals surface area contributed by atoms with Crippen molar-refractivity contribution >= 4 is 10.9 Å². The topological polar surface area (TPSA) is 52.3 Å². The summed E-state index contributed by atoms with van der Waals surface area (Å²) in [5.41, 5.74) is -0.359. The van der Waals surface area contributed by atoms with Crippen LogP contribution in [0.2, 0.25) is 0 Å². The molecule has 2 rings (SSSR count). The van der Waals surface area contributed by atoms with Crippen LogP contribution in [0.25, 0.3) is 10.9 Å². The van der Waals surface area contributed by atoms with Crippen molar-refractivity contribution < 1.29 is 13.5 Å². The molecule has 2 aromatic rings. The number of benzene rings is 1. The van der Waals surface area contributed by atoms with Crippen molar-refractivity contribution in [2.75, 3.05) is 7.11 Å². The minimum Gasteiger partial charge on any atom is -0.491 e. The first-order chi connectivity index (χ1) is 7.13. The highest BCUT2D eigenvalue weighted by molar-refractivity contribution is 5.83. The van der Waals surface area contributed by atoms with Crippen molar-refractivity contribution in [3.05, 3.63) is 34.3 Å². The van der Waals surface area contributed by atoms with Crippen LogP contribution in [0, 0.1) is 12.7 Å². The third kappa shape index (κ3) is 1.45. The SMILES string of the molecule is COc1c(F)ccc2c(=O)oc(C)nc12. The summed E-state index contributed by atoms with van der Waals surface area (Å²) in [4.78, 5) is 15.3. The maximum Gasteiger partial charge on any atom is 0.346 e. The number of aromatic nitrogens is 1. The molecule has 0 aliphatic heterocycles. The van der Waals surface area contributed by atoms with E-state index in [9.17, 15) is 9.18 Å². The lowest BCUT2D eigenvalue weighted by Crippen LogP contribution is -2.04. The quantitative estimate of drug-likeness (QED) is 0.716. The predicted molar refractivity (Wildman–Crippen MR) is 51.5 cm³/mol. The molecule has 1 heterocycles. The second-order valence-electron chi connectivity index (χ2n) is 3.00. The highest BCUT2D eigenvalue weighted by Crippen LogP contribution is 2.24. The van der Waals surface area contributed by atoms with Gasteiger partial charge >= 0.3 is 5.63 Å². The van der Waals surface area contributed by atoms with Crippen LogP contribution in [0.15, 0.2) is 21.3 Å². The van der Waals surface area contributed by atoms with Crippen molar-refractivity contribution in [2.24, 2.45) is 0 Å².